The molecule has 0 spiro atoms. The summed E-state index contributed by atoms with van der Waals surface area (Å²) in [5, 5.41) is 3.04. The predicted octanol–water partition coefficient (Wildman–Crippen LogP) is 1.56. The lowest BCUT2D eigenvalue weighted by atomic mass is 10.0. The van der Waals surface area contributed by atoms with Crippen LogP contribution in [-0.4, -0.2) is 97.9 Å². The maximum Gasteiger partial charge on any atom is 0.238 e. The van der Waals surface area contributed by atoms with Crippen molar-refractivity contribution in [2.45, 2.75) is 44.9 Å². The van der Waals surface area contributed by atoms with Crippen LogP contribution in [0.4, 0.5) is 5.69 Å². The number of nitrogens with zero attached hydrogens (tertiary/aromatic N) is 3. The van der Waals surface area contributed by atoms with Gasteiger partial charge in [0.05, 0.1) is 32.3 Å². The van der Waals surface area contributed by atoms with Crippen LogP contribution in [0.2, 0.25) is 0 Å². The van der Waals surface area contributed by atoms with Crippen LogP contribution in [0.1, 0.15) is 31.7 Å². The maximum atomic E-state index is 13.0. The molecular formula is C24H36N4O4. The maximum absolute atomic E-state index is 13.0. The fourth-order valence-electron chi connectivity index (χ4n) is 4.89. The van der Waals surface area contributed by atoms with Gasteiger partial charge in [0.15, 0.2) is 6.29 Å². The van der Waals surface area contributed by atoms with Gasteiger partial charge in [0.2, 0.25) is 11.8 Å². The first kappa shape index (κ1) is 23.2. The van der Waals surface area contributed by atoms with Gasteiger partial charge < -0.3 is 19.7 Å². The van der Waals surface area contributed by atoms with Crippen molar-refractivity contribution in [1.29, 1.82) is 0 Å². The molecule has 0 aliphatic carbocycles. The quantitative estimate of drug-likeness (QED) is 0.688. The number of piperidine rings is 1. The molecule has 8 nitrogen and oxygen atoms in total. The van der Waals surface area contributed by atoms with Crippen LogP contribution >= 0.6 is 0 Å². The molecular weight excluding hydrogens is 408 g/mol. The van der Waals surface area contributed by atoms with E-state index >= 15 is 0 Å². The Morgan fingerprint density at radius 2 is 1.75 bits per heavy atom. The second-order valence-corrected chi connectivity index (χ2v) is 8.86. The highest BCUT2D eigenvalue weighted by molar-refractivity contribution is 5.93. The van der Waals surface area contributed by atoms with Crippen LogP contribution in [0.3, 0.4) is 0 Å². The topological polar surface area (TPSA) is 74.4 Å². The van der Waals surface area contributed by atoms with E-state index in [-0.39, 0.29) is 24.1 Å². The van der Waals surface area contributed by atoms with Gasteiger partial charge in [0.25, 0.3) is 0 Å². The zero-order chi connectivity index (χ0) is 22.3. The molecule has 1 aromatic rings. The molecule has 1 unspecified atom stereocenters. The summed E-state index contributed by atoms with van der Waals surface area (Å²) < 4.78 is 11.4. The minimum absolute atomic E-state index is 0.00148. The van der Waals surface area contributed by atoms with Crippen LogP contribution < -0.4 is 5.32 Å². The smallest absolute Gasteiger partial charge is 0.238 e. The molecule has 0 aromatic heterocycles. The van der Waals surface area contributed by atoms with E-state index in [0.717, 1.165) is 43.5 Å². The van der Waals surface area contributed by atoms with Gasteiger partial charge in [-0.2, -0.15) is 0 Å². The molecule has 0 saturated carbocycles. The molecule has 3 fully saturated rings. The van der Waals surface area contributed by atoms with Crippen molar-refractivity contribution in [2.75, 3.05) is 64.3 Å². The van der Waals surface area contributed by atoms with Crippen molar-refractivity contribution < 1.29 is 19.1 Å². The Morgan fingerprint density at radius 1 is 1.00 bits per heavy atom. The van der Waals surface area contributed by atoms with E-state index in [0.29, 0.717) is 52.5 Å². The van der Waals surface area contributed by atoms with Crippen molar-refractivity contribution >= 4 is 17.5 Å². The molecule has 1 atom stereocenters. The summed E-state index contributed by atoms with van der Waals surface area (Å²) in [5.74, 6) is 0.161. The largest absolute Gasteiger partial charge is 0.349 e. The number of ether oxygens (including phenoxy) is 2. The molecule has 0 bridgehead atoms. The van der Waals surface area contributed by atoms with Crippen LogP contribution in [0.5, 0.6) is 0 Å². The molecule has 0 radical (unpaired) electrons. The van der Waals surface area contributed by atoms with Crippen molar-refractivity contribution in [3.05, 3.63) is 29.8 Å². The van der Waals surface area contributed by atoms with E-state index in [1.807, 2.05) is 29.2 Å². The van der Waals surface area contributed by atoms with Crippen LogP contribution in [0.15, 0.2) is 24.3 Å². The van der Waals surface area contributed by atoms with E-state index in [1.165, 1.54) is 0 Å². The Kier molecular flexibility index (Phi) is 8.13. The summed E-state index contributed by atoms with van der Waals surface area (Å²) >= 11 is 0. The number of likely N-dealkylation sites (tertiary alicyclic amines) is 1. The van der Waals surface area contributed by atoms with E-state index in [4.69, 9.17) is 9.47 Å². The second kappa shape index (κ2) is 11.2. The third-order valence-electron chi connectivity index (χ3n) is 6.73. The normalized spacial score (nSPS) is 23.4. The molecule has 3 saturated heterocycles. The average molecular weight is 445 g/mol. The first-order valence-corrected chi connectivity index (χ1v) is 12.0. The number of amides is 2. The molecule has 4 rings (SSSR count). The molecule has 32 heavy (non-hydrogen) atoms. The van der Waals surface area contributed by atoms with Gasteiger partial charge in [-0.25, -0.2) is 0 Å². The van der Waals surface area contributed by atoms with Gasteiger partial charge >= 0.3 is 0 Å². The van der Waals surface area contributed by atoms with Gasteiger partial charge in [-0.05, 0) is 37.4 Å². The van der Waals surface area contributed by atoms with E-state index in [2.05, 4.69) is 22.0 Å². The SMILES string of the molecule is CCc1ccccc1NC(=O)CN1CCN(C(=O)CN2CCCCC2C2OCCO2)CC1. The fourth-order valence-corrected chi connectivity index (χ4v) is 4.89. The Morgan fingerprint density at radius 3 is 2.50 bits per heavy atom. The van der Waals surface area contributed by atoms with Gasteiger partial charge in [-0.3, -0.25) is 19.4 Å². The number of nitrogens with one attached hydrogen (secondary N) is 1. The lowest BCUT2D eigenvalue weighted by Crippen LogP contribution is -2.55. The van der Waals surface area contributed by atoms with Gasteiger partial charge in [-0.1, -0.05) is 31.5 Å². The minimum Gasteiger partial charge on any atom is -0.349 e. The Bertz CT molecular complexity index is 775. The minimum atomic E-state index is -0.198. The second-order valence-electron chi connectivity index (χ2n) is 8.86. The van der Waals surface area contributed by atoms with E-state index in [1.54, 1.807) is 0 Å². The van der Waals surface area contributed by atoms with Crippen LogP contribution in [0.25, 0.3) is 0 Å². The van der Waals surface area contributed by atoms with Crippen LogP contribution in [0, 0.1) is 0 Å². The van der Waals surface area contributed by atoms with Gasteiger partial charge in [0.1, 0.15) is 0 Å². The summed E-state index contributed by atoms with van der Waals surface area (Å²) in [5.41, 5.74) is 2.03. The Labute approximate surface area is 190 Å². The molecule has 3 aliphatic heterocycles. The third kappa shape index (κ3) is 5.86. The summed E-state index contributed by atoms with van der Waals surface area (Å²) in [6.45, 7) is 7.80. The van der Waals surface area contributed by atoms with Gasteiger partial charge in [0, 0.05) is 31.9 Å². The summed E-state index contributed by atoms with van der Waals surface area (Å²) in [6, 6.07) is 8.09. The number of rotatable bonds is 7. The van der Waals surface area contributed by atoms with Gasteiger partial charge in [-0.15, -0.1) is 0 Å². The number of hydrogen-bond donors (Lipinski definition) is 1. The highest BCUT2D eigenvalue weighted by Crippen LogP contribution is 2.24. The number of hydrogen-bond acceptors (Lipinski definition) is 6. The third-order valence-corrected chi connectivity index (χ3v) is 6.73. The average Bonchev–Trinajstić information content (AvgIpc) is 3.35. The first-order valence-electron chi connectivity index (χ1n) is 12.0. The fraction of sp³-hybridized carbons (Fsp3) is 0.667. The zero-order valence-electron chi connectivity index (χ0n) is 19.1. The Hall–Kier alpha value is -2.00. The first-order chi connectivity index (χ1) is 15.6. The number of aryl methyl sites for hydroxylation is 1. The van der Waals surface area contributed by atoms with E-state index in [9.17, 15) is 9.59 Å². The highest BCUT2D eigenvalue weighted by Gasteiger charge is 2.35. The molecule has 8 heteroatoms. The molecule has 3 aliphatic rings. The van der Waals surface area contributed by atoms with Crippen molar-refractivity contribution in [1.82, 2.24) is 14.7 Å². The highest BCUT2D eigenvalue weighted by atomic mass is 16.7. The monoisotopic (exact) mass is 444 g/mol. The number of anilines is 1. The van der Waals surface area contributed by atoms with E-state index < -0.39 is 0 Å². The molecule has 2 amide bonds. The molecule has 1 N–H and O–H groups in total. The number of benzene rings is 1. The standard InChI is InChI=1S/C24H36N4O4/c1-2-19-7-3-4-8-20(19)25-22(29)17-26-11-13-27(14-12-26)23(30)18-28-10-6-5-9-21(28)24-31-15-16-32-24/h3-4,7-8,21,24H,2,5-6,9-18H2,1H3,(H,25,29). The Balaban J connectivity index is 1.22. The van der Waals surface area contributed by atoms with Crippen molar-refractivity contribution in [2.24, 2.45) is 0 Å². The molecule has 176 valence electrons. The van der Waals surface area contributed by atoms with Crippen molar-refractivity contribution in [3.8, 4) is 0 Å². The van der Waals surface area contributed by atoms with Crippen molar-refractivity contribution in [3.63, 3.8) is 0 Å². The predicted molar refractivity (Wildman–Crippen MR) is 122 cm³/mol. The lowest BCUT2D eigenvalue weighted by molar-refractivity contribution is -0.141. The summed E-state index contributed by atoms with van der Waals surface area (Å²) in [6.07, 6.45) is 3.97. The zero-order valence-corrected chi connectivity index (χ0v) is 19.1. The number of carbonyl (C=O) groups is 2. The molecule has 1 aromatic carbocycles. The van der Waals surface area contributed by atoms with Crippen LogP contribution in [-0.2, 0) is 25.5 Å². The summed E-state index contributed by atoms with van der Waals surface area (Å²) in [4.78, 5) is 31.8. The lowest BCUT2D eigenvalue weighted by Gasteiger charge is -2.40. The number of piperazine rings is 1. The number of carbonyl (C=O) groups excluding carboxylic acids is 2. The number of para-hydroxylation sites is 1. The molecule has 3 heterocycles. The summed E-state index contributed by atoms with van der Waals surface area (Å²) in [7, 11) is 0.